The number of benzene rings is 3. The molecule has 0 unspecified atom stereocenters. The number of primary amides is 1. The number of anilines is 1. The number of carbonyl (C=O) groups is 3. The van der Waals surface area contributed by atoms with E-state index in [-0.39, 0.29) is 35.4 Å². The van der Waals surface area contributed by atoms with E-state index < -0.39 is 50.4 Å². The van der Waals surface area contributed by atoms with Crippen molar-refractivity contribution >= 4 is 33.3 Å². The molecule has 0 spiro atoms. The lowest BCUT2D eigenvalue weighted by Crippen LogP contribution is -2.52. The normalized spacial score (nSPS) is 18.8. The number of hydrogen-bond acceptors (Lipinski definition) is 8. The van der Waals surface area contributed by atoms with E-state index in [1.807, 2.05) is 0 Å². The van der Waals surface area contributed by atoms with Crippen molar-refractivity contribution in [2.24, 2.45) is 11.7 Å². The predicted molar refractivity (Wildman–Crippen MR) is 169 cm³/mol. The van der Waals surface area contributed by atoms with E-state index >= 15 is 0 Å². The van der Waals surface area contributed by atoms with E-state index in [4.69, 9.17) is 15.2 Å². The molecule has 240 valence electrons. The molecule has 4 rings (SSSR count). The van der Waals surface area contributed by atoms with Crippen molar-refractivity contribution in [3.05, 3.63) is 83.4 Å². The number of carboxylic acid groups (broad SMARTS) is 1. The average molecular weight is 638 g/mol. The highest BCUT2D eigenvalue weighted by molar-refractivity contribution is 7.92. The van der Waals surface area contributed by atoms with Crippen LogP contribution in [0.2, 0.25) is 0 Å². The number of ether oxygens (including phenoxy) is 2. The molecule has 1 aliphatic heterocycles. The van der Waals surface area contributed by atoms with Crippen molar-refractivity contribution in [2.45, 2.75) is 55.3 Å². The summed E-state index contributed by atoms with van der Waals surface area (Å²) in [5.41, 5.74) is 5.39. The maximum atomic E-state index is 14.9. The third kappa shape index (κ3) is 6.06. The van der Waals surface area contributed by atoms with Crippen LogP contribution in [0.15, 0.2) is 71.6 Å². The Morgan fingerprint density at radius 1 is 1.02 bits per heavy atom. The monoisotopic (exact) mass is 637 g/mol. The van der Waals surface area contributed by atoms with Crippen LogP contribution in [0.25, 0.3) is 0 Å². The minimum Gasteiger partial charge on any atom is -0.493 e. The molecule has 11 nitrogen and oxygen atoms in total. The third-order valence-electron chi connectivity index (χ3n) is 8.53. The lowest BCUT2D eigenvalue weighted by molar-refractivity contribution is -0.148. The van der Waals surface area contributed by atoms with Gasteiger partial charge >= 0.3 is 5.97 Å². The Morgan fingerprint density at radius 2 is 1.71 bits per heavy atom. The summed E-state index contributed by atoms with van der Waals surface area (Å²) in [6, 6.07) is 16.6. The summed E-state index contributed by atoms with van der Waals surface area (Å²) in [4.78, 5) is 41.1. The number of hydrogen-bond donors (Lipinski definition) is 3. The first-order valence-corrected chi connectivity index (χ1v) is 16.1. The molecule has 3 aromatic carbocycles. The first kappa shape index (κ1) is 33.3. The summed E-state index contributed by atoms with van der Waals surface area (Å²) in [5, 5.41) is 12.9. The zero-order chi connectivity index (χ0) is 33.1. The minimum atomic E-state index is -3.86. The van der Waals surface area contributed by atoms with E-state index in [9.17, 15) is 27.9 Å². The second-order valence-electron chi connectivity index (χ2n) is 11.2. The zero-order valence-corrected chi connectivity index (χ0v) is 26.8. The van der Waals surface area contributed by atoms with E-state index in [0.717, 1.165) is 0 Å². The van der Waals surface area contributed by atoms with Gasteiger partial charge in [-0.2, -0.15) is 0 Å². The van der Waals surface area contributed by atoms with E-state index in [1.165, 1.54) is 31.3 Å². The van der Waals surface area contributed by atoms with Crippen LogP contribution in [0.3, 0.4) is 0 Å². The summed E-state index contributed by atoms with van der Waals surface area (Å²) < 4.78 is 38.1. The Kier molecular flexibility index (Phi) is 9.76. The number of rotatable bonds is 12. The van der Waals surface area contributed by atoms with Gasteiger partial charge in [-0.25, -0.2) is 8.42 Å². The van der Waals surface area contributed by atoms with Gasteiger partial charge in [0.15, 0.2) is 21.3 Å². The number of likely N-dealkylation sites (tertiary alicyclic amines) is 1. The van der Waals surface area contributed by atoms with Crippen LogP contribution in [0.5, 0.6) is 11.5 Å². The van der Waals surface area contributed by atoms with E-state index in [0.29, 0.717) is 22.7 Å². The number of amides is 2. The second-order valence-corrected chi connectivity index (χ2v) is 13.6. The molecule has 4 N–H and O–H groups in total. The summed E-state index contributed by atoms with van der Waals surface area (Å²) in [7, 11) is -0.908. The largest absolute Gasteiger partial charge is 0.493 e. The Labute approximate surface area is 263 Å². The van der Waals surface area contributed by atoms with Gasteiger partial charge in [-0.1, -0.05) is 37.3 Å². The fourth-order valence-corrected chi connectivity index (χ4v) is 7.54. The van der Waals surface area contributed by atoms with Gasteiger partial charge in [-0.15, -0.1) is 0 Å². The minimum absolute atomic E-state index is 0.00224. The standard InChI is InChI=1S/C33H39N3O8S/c1-6-33(24-12-7-8-13-28(24)45(41,42)20(2)3)25(32(39)40)16-17-36(33)31(38)29(21-14-15-26(43-4)27(19-21)44-5)35-23-11-9-10-22(18-23)30(34)37/h7-15,18-20,25,29,35H,6,16-17H2,1-5H3,(H2,34,37)(H,39,40)/t25-,29-,33+/m1/s1. The molecule has 1 heterocycles. The molecule has 2 amide bonds. The molecule has 1 saturated heterocycles. The van der Waals surface area contributed by atoms with Gasteiger partial charge in [0, 0.05) is 17.8 Å². The molecule has 0 aromatic heterocycles. The molecule has 3 atom stereocenters. The highest BCUT2D eigenvalue weighted by Gasteiger charge is 2.56. The smallest absolute Gasteiger partial charge is 0.309 e. The Bertz CT molecular complexity index is 1710. The summed E-state index contributed by atoms with van der Waals surface area (Å²) in [5.74, 6) is -2.56. The predicted octanol–water partition coefficient (Wildman–Crippen LogP) is 4.38. The summed E-state index contributed by atoms with van der Waals surface area (Å²) in [6.07, 6.45) is 0.247. The molecule has 0 aliphatic carbocycles. The van der Waals surface area contributed by atoms with Crippen LogP contribution in [0.4, 0.5) is 5.69 Å². The van der Waals surface area contributed by atoms with Crippen molar-refractivity contribution in [2.75, 3.05) is 26.1 Å². The average Bonchev–Trinajstić information content (AvgIpc) is 3.44. The van der Waals surface area contributed by atoms with Crippen LogP contribution >= 0.6 is 0 Å². The SMILES string of the molecule is CC[C@]1(c2ccccc2S(=O)(=O)C(C)C)[C@@H](C(=O)O)CCN1C(=O)[C@H](Nc1cccc(C(N)=O)c1)c1ccc(OC)c(OC)c1. The number of nitrogens with zero attached hydrogens (tertiary/aromatic N) is 1. The van der Waals surface area contributed by atoms with Gasteiger partial charge in [0.2, 0.25) is 11.8 Å². The van der Waals surface area contributed by atoms with Crippen LogP contribution in [0, 0.1) is 5.92 Å². The first-order chi connectivity index (χ1) is 21.3. The summed E-state index contributed by atoms with van der Waals surface area (Å²) >= 11 is 0. The molecule has 45 heavy (non-hydrogen) atoms. The number of nitrogens with two attached hydrogens (primary N) is 1. The van der Waals surface area contributed by atoms with Gasteiger partial charge in [0.25, 0.3) is 0 Å². The number of nitrogens with one attached hydrogen (secondary N) is 1. The highest BCUT2D eigenvalue weighted by Crippen LogP contribution is 2.50. The first-order valence-electron chi connectivity index (χ1n) is 14.6. The molecular formula is C33H39N3O8S. The van der Waals surface area contributed by atoms with Crippen molar-refractivity contribution in [1.29, 1.82) is 0 Å². The van der Waals surface area contributed by atoms with Gasteiger partial charge < -0.3 is 30.5 Å². The zero-order valence-electron chi connectivity index (χ0n) is 25.9. The number of aliphatic carboxylic acids is 1. The number of methoxy groups -OCH3 is 2. The molecule has 0 saturated carbocycles. The lowest BCUT2D eigenvalue weighted by Gasteiger charge is -2.43. The van der Waals surface area contributed by atoms with Gasteiger partial charge in [-0.3, -0.25) is 14.4 Å². The molecule has 0 bridgehead atoms. The lowest BCUT2D eigenvalue weighted by atomic mass is 9.76. The van der Waals surface area contributed by atoms with Crippen molar-refractivity contribution in [1.82, 2.24) is 4.90 Å². The maximum Gasteiger partial charge on any atom is 0.309 e. The molecule has 12 heteroatoms. The van der Waals surface area contributed by atoms with Crippen LogP contribution < -0.4 is 20.5 Å². The Balaban J connectivity index is 1.95. The van der Waals surface area contributed by atoms with E-state index in [1.54, 1.807) is 75.4 Å². The molecule has 0 radical (unpaired) electrons. The topological polar surface area (TPSA) is 165 Å². The number of carboxylic acids is 1. The van der Waals surface area contributed by atoms with Crippen molar-refractivity contribution < 1.29 is 37.4 Å². The Hall–Kier alpha value is -4.58. The van der Waals surface area contributed by atoms with Crippen LogP contribution in [0.1, 0.15) is 61.1 Å². The fourth-order valence-electron chi connectivity index (χ4n) is 6.21. The quantitative estimate of drug-likeness (QED) is 0.261. The number of carbonyl (C=O) groups excluding carboxylic acids is 2. The number of sulfone groups is 1. The van der Waals surface area contributed by atoms with Gasteiger partial charge in [-0.05, 0) is 74.2 Å². The Morgan fingerprint density at radius 3 is 2.31 bits per heavy atom. The molecule has 1 aliphatic rings. The van der Waals surface area contributed by atoms with E-state index in [2.05, 4.69) is 5.32 Å². The molecule has 1 fully saturated rings. The molecule has 3 aromatic rings. The highest BCUT2D eigenvalue weighted by atomic mass is 32.2. The second kappa shape index (κ2) is 13.2. The van der Waals surface area contributed by atoms with Crippen molar-refractivity contribution in [3.8, 4) is 11.5 Å². The van der Waals surface area contributed by atoms with Gasteiger partial charge in [0.1, 0.15) is 6.04 Å². The van der Waals surface area contributed by atoms with Crippen LogP contribution in [-0.2, 0) is 25.0 Å². The van der Waals surface area contributed by atoms with Crippen molar-refractivity contribution in [3.63, 3.8) is 0 Å². The van der Waals surface area contributed by atoms with Gasteiger partial charge in [0.05, 0.1) is 35.8 Å². The third-order valence-corrected chi connectivity index (χ3v) is 10.7. The fraction of sp³-hybridized carbons (Fsp3) is 0.364. The molecular weight excluding hydrogens is 598 g/mol. The summed E-state index contributed by atoms with van der Waals surface area (Å²) in [6.45, 7) is 4.95. The van der Waals surface area contributed by atoms with Crippen LogP contribution in [-0.4, -0.2) is 62.2 Å². The maximum absolute atomic E-state index is 14.9.